The lowest BCUT2D eigenvalue weighted by molar-refractivity contribution is 0.0716. The van der Waals surface area contributed by atoms with Gasteiger partial charge in [0, 0.05) is 30.7 Å². The lowest BCUT2D eigenvalue weighted by Gasteiger charge is -2.30. The van der Waals surface area contributed by atoms with Crippen LogP contribution in [0.4, 0.5) is 0 Å². The molecule has 0 radical (unpaired) electrons. The summed E-state index contributed by atoms with van der Waals surface area (Å²) in [5, 5.41) is 1.00. The molecule has 2 heterocycles. The fourth-order valence-electron chi connectivity index (χ4n) is 2.55. The van der Waals surface area contributed by atoms with E-state index in [4.69, 9.17) is 5.73 Å². The zero-order valence-corrected chi connectivity index (χ0v) is 13.2. The number of nitrogens with two attached hydrogens (primary N) is 1. The number of hydrogen-bond acceptors (Lipinski definition) is 3. The van der Waals surface area contributed by atoms with Gasteiger partial charge in [-0.3, -0.25) is 9.78 Å². The van der Waals surface area contributed by atoms with E-state index in [0.29, 0.717) is 5.56 Å². The number of amides is 1. The predicted octanol–water partition coefficient (Wildman–Crippen LogP) is 2.64. The van der Waals surface area contributed by atoms with Crippen LogP contribution in [0.5, 0.6) is 0 Å². The first-order valence-electron chi connectivity index (χ1n) is 6.64. The van der Waals surface area contributed by atoms with E-state index in [2.05, 4.69) is 4.98 Å². The topological polar surface area (TPSA) is 59.2 Å². The number of carbonyl (C=O) groups excluding carboxylic acids is 1. The van der Waals surface area contributed by atoms with Gasteiger partial charge in [-0.1, -0.05) is 18.2 Å². The number of carbonyl (C=O) groups is 1. The van der Waals surface area contributed by atoms with Crippen molar-refractivity contribution in [3.8, 4) is 0 Å². The first-order chi connectivity index (χ1) is 9.25. The molecule has 1 aromatic carbocycles. The van der Waals surface area contributed by atoms with E-state index < -0.39 is 0 Å². The molecule has 1 aromatic heterocycles. The molecule has 0 spiro atoms. The molecule has 1 amide bonds. The minimum Gasteiger partial charge on any atom is -0.338 e. The molecule has 0 unspecified atom stereocenters. The van der Waals surface area contributed by atoms with Gasteiger partial charge >= 0.3 is 0 Å². The Morgan fingerprint density at radius 3 is 2.52 bits per heavy atom. The highest BCUT2D eigenvalue weighted by Gasteiger charge is 2.23. The van der Waals surface area contributed by atoms with Crippen molar-refractivity contribution in [1.82, 2.24) is 9.88 Å². The van der Waals surface area contributed by atoms with Crippen LogP contribution in [0, 0.1) is 0 Å². The molecule has 1 aliphatic heterocycles. The fraction of sp³-hybridized carbons (Fsp3) is 0.333. The van der Waals surface area contributed by atoms with Crippen LogP contribution in [0.3, 0.4) is 0 Å². The van der Waals surface area contributed by atoms with E-state index >= 15 is 0 Å². The van der Waals surface area contributed by atoms with Crippen LogP contribution in [-0.4, -0.2) is 34.9 Å². The Morgan fingerprint density at radius 2 is 1.81 bits per heavy atom. The van der Waals surface area contributed by atoms with Gasteiger partial charge in [0.05, 0.1) is 11.1 Å². The zero-order chi connectivity index (χ0) is 13.2. The standard InChI is InChI=1S/C15H17N3O.2ClH/c16-12-6-9-18(10-7-12)15(19)13-5-1-3-11-4-2-8-17-14(11)13;;/h1-5,8,12H,6-7,9-10,16H2;2*1H. The second-order valence-electron chi connectivity index (χ2n) is 5.01. The summed E-state index contributed by atoms with van der Waals surface area (Å²) in [6.07, 6.45) is 3.49. The molecular weight excluding hydrogens is 309 g/mol. The van der Waals surface area contributed by atoms with Crippen LogP contribution in [0.2, 0.25) is 0 Å². The number of para-hydroxylation sites is 1. The molecule has 0 aliphatic carbocycles. The summed E-state index contributed by atoms with van der Waals surface area (Å²) in [6, 6.07) is 9.83. The maximum atomic E-state index is 12.6. The number of piperidine rings is 1. The minimum atomic E-state index is 0. The molecule has 0 bridgehead atoms. The maximum Gasteiger partial charge on any atom is 0.256 e. The number of rotatable bonds is 1. The summed E-state index contributed by atoms with van der Waals surface area (Å²) < 4.78 is 0. The van der Waals surface area contributed by atoms with Gasteiger partial charge in [-0.2, -0.15) is 0 Å². The van der Waals surface area contributed by atoms with Crippen molar-refractivity contribution >= 4 is 41.6 Å². The normalized spacial score (nSPS) is 15.2. The first-order valence-corrected chi connectivity index (χ1v) is 6.64. The lowest BCUT2D eigenvalue weighted by atomic mass is 10.0. The molecule has 1 fully saturated rings. The quantitative estimate of drug-likeness (QED) is 0.875. The van der Waals surface area contributed by atoms with Crippen molar-refractivity contribution in [3.05, 3.63) is 42.1 Å². The summed E-state index contributed by atoms with van der Waals surface area (Å²) in [5.41, 5.74) is 7.35. The maximum absolute atomic E-state index is 12.6. The summed E-state index contributed by atoms with van der Waals surface area (Å²) in [4.78, 5) is 18.8. The van der Waals surface area contributed by atoms with E-state index in [0.717, 1.165) is 36.8 Å². The number of halogens is 2. The Kier molecular flexibility index (Phi) is 6.40. The third-order valence-electron chi connectivity index (χ3n) is 3.69. The van der Waals surface area contributed by atoms with E-state index in [9.17, 15) is 4.79 Å². The van der Waals surface area contributed by atoms with E-state index in [1.807, 2.05) is 35.2 Å². The summed E-state index contributed by atoms with van der Waals surface area (Å²) in [5.74, 6) is 0.0659. The van der Waals surface area contributed by atoms with Gasteiger partial charge in [0.1, 0.15) is 0 Å². The molecular formula is C15H19Cl2N3O. The Bertz CT molecular complexity index is 607. The Hall–Kier alpha value is -1.36. The van der Waals surface area contributed by atoms with Crippen LogP contribution in [0.15, 0.2) is 36.5 Å². The van der Waals surface area contributed by atoms with E-state index in [1.54, 1.807) is 6.20 Å². The van der Waals surface area contributed by atoms with Crippen molar-refractivity contribution in [3.63, 3.8) is 0 Å². The second-order valence-corrected chi connectivity index (χ2v) is 5.01. The average molecular weight is 328 g/mol. The van der Waals surface area contributed by atoms with Gasteiger partial charge in [-0.05, 0) is 25.0 Å². The van der Waals surface area contributed by atoms with Crippen LogP contribution >= 0.6 is 24.8 Å². The van der Waals surface area contributed by atoms with Gasteiger partial charge < -0.3 is 10.6 Å². The highest BCUT2D eigenvalue weighted by molar-refractivity contribution is 6.05. The molecule has 0 atom stereocenters. The van der Waals surface area contributed by atoms with Crippen molar-refractivity contribution in [2.24, 2.45) is 5.73 Å². The number of pyridine rings is 1. The molecule has 6 heteroatoms. The van der Waals surface area contributed by atoms with Crippen molar-refractivity contribution < 1.29 is 4.79 Å². The van der Waals surface area contributed by atoms with Gasteiger partial charge in [-0.15, -0.1) is 24.8 Å². The SMILES string of the molecule is Cl.Cl.NC1CCN(C(=O)c2cccc3cccnc23)CC1. The number of aromatic nitrogens is 1. The largest absolute Gasteiger partial charge is 0.338 e. The molecule has 0 saturated carbocycles. The minimum absolute atomic E-state index is 0. The Balaban J connectivity index is 0.00000110. The molecule has 2 aromatic rings. The lowest BCUT2D eigenvalue weighted by Crippen LogP contribution is -2.42. The van der Waals surface area contributed by atoms with Crippen LogP contribution in [0.25, 0.3) is 10.9 Å². The second kappa shape index (κ2) is 7.59. The van der Waals surface area contributed by atoms with Crippen LogP contribution in [0.1, 0.15) is 23.2 Å². The summed E-state index contributed by atoms with van der Waals surface area (Å²) in [6.45, 7) is 1.48. The first kappa shape index (κ1) is 17.7. The highest BCUT2D eigenvalue weighted by atomic mass is 35.5. The molecule has 114 valence electrons. The van der Waals surface area contributed by atoms with Gasteiger partial charge in [0.2, 0.25) is 0 Å². The Labute approximate surface area is 136 Å². The highest BCUT2D eigenvalue weighted by Crippen LogP contribution is 2.19. The van der Waals surface area contributed by atoms with Crippen LogP contribution < -0.4 is 5.73 Å². The summed E-state index contributed by atoms with van der Waals surface area (Å²) in [7, 11) is 0. The number of likely N-dealkylation sites (tertiary alicyclic amines) is 1. The number of nitrogens with zero attached hydrogens (tertiary/aromatic N) is 2. The average Bonchev–Trinajstić information content (AvgIpc) is 2.47. The Morgan fingerprint density at radius 1 is 1.14 bits per heavy atom. The monoisotopic (exact) mass is 327 g/mol. The predicted molar refractivity (Wildman–Crippen MR) is 89.4 cm³/mol. The number of benzene rings is 1. The molecule has 1 saturated heterocycles. The third kappa shape index (κ3) is 3.64. The number of hydrogen-bond donors (Lipinski definition) is 1. The molecule has 2 N–H and O–H groups in total. The zero-order valence-electron chi connectivity index (χ0n) is 11.6. The van der Waals surface area contributed by atoms with Crippen LogP contribution in [-0.2, 0) is 0 Å². The molecule has 4 nitrogen and oxygen atoms in total. The van der Waals surface area contributed by atoms with E-state index in [-0.39, 0.29) is 36.8 Å². The summed E-state index contributed by atoms with van der Waals surface area (Å²) >= 11 is 0. The third-order valence-corrected chi connectivity index (χ3v) is 3.69. The molecule has 1 aliphatic rings. The van der Waals surface area contributed by atoms with Crippen molar-refractivity contribution in [2.75, 3.05) is 13.1 Å². The number of fused-ring (bicyclic) bond motifs is 1. The molecule has 3 rings (SSSR count). The van der Waals surface area contributed by atoms with Gasteiger partial charge in [0.15, 0.2) is 0 Å². The van der Waals surface area contributed by atoms with Crippen molar-refractivity contribution in [2.45, 2.75) is 18.9 Å². The van der Waals surface area contributed by atoms with Gasteiger partial charge in [-0.25, -0.2) is 0 Å². The van der Waals surface area contributed by atoms with E-state index in [1.165, 1.54) is 0 Å². The molecule has 21 heavy (non-hydrogen) atoms. The van der Waals surface area contributed by atoms with Gasteiger partial charge in [0.25, 0.3) is 5.91 Å². The fourth-order valence-corrected chi connectivity index (χ4v) is 2.55. The van der Waals surface area contributed by atoms with Crippen molar-refractivity contribution in [1.29, 1.82) is 0 Å². The smallest absolute Gasteiger partial charge is 0.256 e.